The molecule has 0 amide bonds. The van der Waals surface area contributed by atoms with Crippen LogP contribution in [0.1, 0.15) is 31.9 Å². The van der Waals surface area contributed by atoms with E-state index in [-0.39, 0.29) is 11.3 Å². The summed E-state index contributed by atoms with van der Waals surface area (Å²) in [6.07, 6.45) is 0.640. The molecule has 1 aromatic rings. The van der Waals surface area contributed by atoms with Gasteiger partial charge in [-0.25, -0.2) is 4.39 Å². The van der Waals surface area contributed by atoms with Gasteiger partial charge in [-0.15, -0.1) is 0 Å². The second kappa shape index (κ2) is 4.94. The van der Waals surface area contributed by atoms with Crippen LogP contribution in [0.3, 0.4) is 0 Å². The smallest absolute Gasteiger partial charge is 0.137 e. The van der Waals surface area contributed by atoms with Crippen molar-refractivity contribution in [1.29, 1.82) is 0 Å². The average Bonchev–Trinajstić information content (AvgIpc) is 2.11. The van der Waals surface area contributed by atoms with Crippen LogP contribution in [0.25, 0.3) is 0 Å². The molecule has 3 N–H and O–H groups in total. The molecule has 0 bridgehead atoms. The number of phenols is 1. The van der Waals surface area contributed by atoms with Crippen LogP contribution in [0.2, 0.25) is 0 Å². The molecular formula is C11H15BrFNO. The Balaban J connectivity index is 3.07. The summed E-state index contributed by atoms with van der Waals surface area (Å²) in [4.78, 5) is 0. The van der Waals surface area contributed by atoms with E-state index in [0.29, 0.717) is 16.8 Å². The van der Waals surface area contributed by atoms with Gasteiger partial charge < -0.3 is 10.8 Å². The molecule has 0 unspecified atom stereocenters. The molecule has 1 aromatic carbocycles. The van der Waals surface area contributed by atoms with E-state index in [2.05, 4.69) is 15.9 Å². The van der Waals surface area contributed by atoms with E-state index >= 15 is 0 Å². The third-order valence-electron chi connectivity index (χ3n) is 2.21. The van der Waals surface area contributed by atoms with Crippen molar-refractivity contribution in [1.82, 2.24) is 0 Å². The molecule has 0 radical (unpaired) electrons. The Morgan fingerprint density at radius 2 is 2.07 bits per heavy atom. The molecule has 0 spiro atoms. The normalized spacial score (nSPS) is 13.2. The summed E-state index contributed by atoms with van der Waals surface area (Å²) < 4.78 is 13.9. The van der Waals surface area contributed by atoms with Crippen LogP contribution >= 0.6 is 15.9 Å². The largest absolute Gasteiger partial charge is 0.506 e. The zero-order valence-electron chi connectivity index (χ0n) is 8.80. The van der Waals surface area contributed by atoms with E-state index in [0.717, 1.165) is 0 Å². The first-order chi connectivity index (χ1) is 6.93. The summed E-state index contributed by atoms with van der Waals surface area (Å²) in [7, 11) is 0. The molecule has 0 aliphatic rings. The van der Waals surface area contributed by atoms with Crippen molar-refractivity contribution < 1.29 is 9.50 Å². The molecule has 0 saturated carbocycles. The number of nitrogens with two attached hydrogens (primary N) is 1. The third-order valence-corrected chi connectivity index (χ3v) is 2.85. The van der Waals surface area contributed by atoms with Crippen LogP contribution in [0.4, 0.5) is 4.39 Å². The highest BCUT2D eigenvalue weighted by atomic mass is 79.9. The van der Waals surface area contributed by atoms with Crippen LogP contribution in [0, 0.1) is 11.7 Å². The standard InChI is InChI=1S/C11H15BrFNO/c1-6(2)5-9(14)10-8(13)4-3-7(12)11(10)15/h3-4,6,9,15H,5,14H2,1-2H3/t9-/m0/s1. The molecular weight excluding hydrogens is 261 g/mol. The lowest BCUT2D eigenvalue weighted by atomic mass is 9.97. The fraction of sp³-hybridized carbons (Fsp3) is 0.455. The Kier molecular flexibility index (Phi) is 4.11. The number of aromatic hydroxyl groups is 1. The third kappa shape index (κ3) is 2.92. The van der Waals surface area contributed by atoms with E-state index in [1.54, 1.807) is 0 Å². The van der Waals surface area contributed by atoms with Crippen molar-refractivity contribution in [3.63, 3.8) is 0 Å². The predicted molar refractivity (Wildman–Crippen MR) is 62.1 cm³/mol. The molecule has 84 valence electrons. The highest BCUT2D eigenvalue weighted by Crippen LogP contribution is 2.35. The van der Waals surface area contributed by atoms with Gasteiger partial charge >= 0.3 is 0 Å². The van der Waals surface area contributed by atoms with Crippen LogP contribution in [-0.4, -0.2) is 5.11 Å². The molecule has 0 fully saturated rings. The number of halogens is 2. The first-order valence-corrected chi connectivity index (χ1v) is 5.65. The maximum atomic E-state index is 13.5. The van der Waals surface area contributed by atoms with Crippen LogP contribution < -0.4 is 5.73 Å². The highest BCUT2D eigenvalue weighted by Gasteiger charge is 2.19. The highest BCUT2D eigenvalue weighted by molar-refractivity contribution is 9.10. The van der Waals surface area contributed by atoms with Crippen LogP contribution in [-0.2, 0) is 0 Å². The monoisotopic (exact) mass is 275 g/mol. The summed E-state index contributed by atoms with van der Waals surface area (Å²) in [6, 6.07) is 2.30. The van der Waals surface area contributed by atoms with Gasteiger partial charge in [0, 0.05) is 11.6 Å². The van der Waals surface area contributed by atoms with E-state index in [9.17, 15) is 9.50 Å². The maximum Gasteiger partial charge on any atom is 0.137 e. The van der Waals surface area contributed by atoms with Crippen LogP contribution in [0.5, 0.6) is 5.75 Å². The summed E-state index contributed by atoms with van der Waals surface area (Å²) in [5.41, 5.74) is 6.04. The number of rotatable bonds is 3. The summed E-state index contributed by atoms with van der Waals surface area (Å²) in [6.45, 7) is 4.01. The summed E-state index contributed by atoms with van der Waals surface area (Å²) in [5, 5.41) is 9.69. The fourth-order valence-electron chi connectivity index (χ4n) is 1.54. The van der Waals surface area contributed by atoms with Crippen molar-refractivity contribution in [2.24, 2.45) is 11.7 Å². The van der Waals surface area contributed by atoms with Gasteiger partial charge in [-0.1, -0.05) is 13.8 Å². The maximum absolute atomic E-state index is 13.5. The number of hydrogen-bond acceptors (Lipinski definition) is 2. The van der Waals surface area contributed by atoms with Gasteiger partial charge in [0.1, 0.15) is 11.6 Å². The van der Waals surface area contributed by atoms with Crippen molar-refractivity contribution in [3.8, 4) is 5.75 Å². The van der Waals surface area contributed by atoms with E-state index in [1.165, 1.54) is 12.1 Å². The lowest BCUT2D eigenvalue weighted by molar-refractivity contribution is 0.427. The average molecular weight is 276 g/mol. The number of phenolic OH excluding ortho intramolecular Hbond substituents is 1. The van der Waals surface area contributed by atoms with Crippen molar-refractivity contribution in [3.05, 3.63) is 28.0 Å². The Labute approximate surface area is 97.4 Å². The van der Waals surface area contributed by atoms with Gasteiger partial charge in [-0.2, -0.15) is 0 Å². The Morgan fingerprint density at radius 3 is 2.60 bits per heavy atom. The minimum absolute atomic E-state index is 0.0943. The molecule has 1 rings (SSSR count). The van der Waals surface area contributed by atoms with Crippen LogP contribution in [0.15, 0.2) is 16.6 Å². The number of benzene rings is 1. The molecule has 0 heterocycles. The first kappa shape index (κ1) is 12.5. The fourth-order valence-corrected chi connectivity index (χ4v) is 1.88. The Bertz CT molecular complexity index is 355. The minimum atomic E-state index is -0.470. The van der Waals surface area contributed by atoms with Gasteiger partial charge in [0.05, 0.1) is 4.47 Å². The summed E-state index contributed by atoms with van der Waals surface area (Å²) >= 11 is 3.14. The second-order valence-corrected chi connectivity index (χ2v) is 4.88. The topological polar surface area (TPSA) is 46.2 Å². The van der Waals surface area contributed by atoms with Gasteiger partial charge in [0.2, 0.25) is 0 Å². The Morgan fingerprint density at radius 1 is 1.47 bits per heavy atom. The molecule has 0 aliphatic heterocycles. The SMILES string of the molecule is CC(C)C[C@H](N)c1c(F)ccc(Br)c1O. The van der Waals surface area contributed by atoms with Crippen molar-refractivity contribution in [2.75, 3.05) is 0 Å². The molecule has 0 aromatic heterocycles. The molecule has 0 aliphatic carbocycles. The van der Waals surface area contributed by atoms with Gasteiger partial charge in [-0.05, 0) is 40.4 Å². The van der Waals surface area contributed by atoms with Gasteiger partial charge in [-0.3, -0.25) is 0 Å². The van der Waals surface area contributed by atoms with E-state index in [1.807, 2.05) is 13.8 Å². The van der Waals surface area contributed by atoms with Crippen molar-refractivity contribution >= 4 is 15.9 Å². The molecule has 1 atom stereocenters. The lowest BCUT2D eigenvalue weighted by Crippen LogP contribution is -2.14. The zero-order valence-corrected chi connectivity index (χ0v) is 10.4. The second-order valence-electron chi connectivity index (χ2n) is 4.03. The molecule has 0 saturated heterocycles. The minimum Gasteiger partial charge on any atom is -0.506 e. The number of hydrogen-bond donors (Lipinski definition) is 2. The summed E-state index contributed by atoms with van der Waals surface area (Å²) in [5.74, 6) is -0.190. The molecule has 2 nitrogen and oxygen atoms in total. The van der Waals surface area contributed by atoms with E-state index < -0.39 is 11.9 Å². The molecule has 15 heavy (non-hydrogen) atoms. The van der Waals surface area contributed by atoms with Gasteiger partial charge in [0.15, 0.2) is 0 Å². The zero-order chi connectivity index (χ0) is 11.6. The first-order valence-electron chi connectivity index (χ1n) is 4.86. The predicted octanol–water partition coefficient (Wildman–Crippen LogP) is 3.34. The van der Waals surface area contributed by atoms with Gasteiger partial charge in [0.25, 0.3) is 0 Å². The van der Waals surface area contributed by atoms with E-state index in [4.69, 9.17) is 5.73 Å². The quantitative estimate of drug-likeness (QED) is 0.889. The molecule has 4 heteroatoms. The van der Waals surface area contributed by atoms with Crippen molar-refractivity contribution in [2.45, 2.75) is 26.3 Å². The Hall–Kier alpha value is -0.610. The lowest BCUT2D eigenvalue weighted by Gasteiger charge is -2.17.